The number of phenols is 1. The Bertz CT molecular complexity index is 756. The fraction of sp³-hybridized carbons (Fsp3) is 0.0714. The second-order valence-corrected chi connectivity index (χ2v) is 5.71. The maximum Gasteiger partial charge on any atom is 1.00 e. The van der Waals surface area contributed by atoms with Crippen LogP contribution in [0.4, 0.5) is 5.69 Å². The Morgan fingerprint density at radius 3 is 2.14 bits per heavy atom. The van der Waals surface area contributed by atoms with Gasteiger partial charge in [0.1, 0.15) is 15.9 Å². The number of nitrogens with one attached hydrogen (secondary N) is 1. The summed E-state index contributed by atoms with van der Waals surface area (Å²) in [6.07, 6.45) is 0. The molecule has 0 bridgehead atoms. The first kappa shape index (κ1) is 18.7. The standard InChI is InChI=1S/C14H14N2O4S.Na/c1-10(11-2-6-13(17)7-3-11)15-16-12-4-8-14(9-5-12)21(18,19)20;/h2-9,16-17H,1H3,(H,18,19,20);/q;+1/p-1/b15-10+;. The Balaban J connectivity index is 0.00000242. The number of aromatic hydroxyl groups is 1. The first-order chi connectivity index (χ1) is 9.86. The van der Waals surface area contributed by atoms with Crippen LogP contribution in [0.1, 0.15) is 12.5 Å². The summed E-state index contributed by atoms with van der Waals surface area (Å²) < 4.78 is 32.4. The van der Waals surface area contributed by atoms with Gasteiger partial charge < -0.3 is 9.66 Å². The normalized spacial score (nSPS) is 11.6. The van der Waals surface area contributed by atoms with Crippen molar-refractivity contribution in [3.63, 3.8) is 0 Å². The summed E-state index contributed by atoms with van der Waals surface area (Å²) in [5, 5.41) is 13.4. The van der Waals surface area contributed by atoms with Crippen LogP contribution in [-0.2, 0) is 10.1 Å². The Labute approximate surface area is 150 Å². The molecule has 0 aliphatic carbocycles. The smallest absolute Gasteiger partial charge is 0.744 e. The predicted molar refractivity (Wildman–Crippen MR) is 78.3 cm³/mol. The number of hydrogen-bond acceptors (Lipinski definition) is 6. The van der Waals surface area contributed by atoms with Crippen molar-refractivity contribution in [2.24, 2.45) is 5.10 Å². The third-order valence-electron chi connectivity index (χ3n) is 2.78. The molecule has 0 fully saturated rings. The quantitative estimate of drug-likeness (QED) is 0.329. The maximum atomic E-state index is 10.8. The van der Waals surface area contributed by atoms with E-state index in [1.54, 1.807) is 31.2 Å². The average Bonchev–Trinajstić information content (AvgIpc) is 2.45. The number of hydrogen-bond donors (Lipinski definition) is 2. The van der Waals surface area contributed by atoms with Crippen LogP contribution < -0.4 is 35.0 Å². The van der Waals surface area contributed by atoms with E-state index in [0.29, 0.717) is 11.4 Å². The van der Waals surface area contributed by atoms with Gasteiger partial charge in [0.25, 0.3) is 0 Å². The monoisotopic (exact) mass is 328 g/mol. The van der Waals surface area contributed by atoms with E-state index in [0.717, 1.165) is 5.56 Å². The van der Waals surface area contributed by atoms with E-state index in [4.69, 9.17) is 0 Å². The van der Waals surface area contributed by atoms with Crippen LogP contribution in [0.25, 0.3) is 0 Å². The van der Waals surface area contributed by atoms with E-state index in [1.165, 1.54) is 24.3 Å². The molecule has 0 saturated carbocycles. The third kappa shape index (κ3) is 5.11. The van der Waals surface area contributed by atoms with Crippen LogP contribution in [0, 0.1) is 0 Å². The van der Waals surface area contributed by atoms with E-state index in [2.05, 4.69) is 10.5 Å². The average molecular weight is 328 g/mol. The number of anilines is 1. The van der Waals surface area contributed by atoms with E-state index in [1.807, 2.05) is 0 Å². The number of phenolic OH excluding ortho intramolecular Hbond substituents is 1. The summed E-state index contributed by atoms with van der Waals surface area (Å²) in [7, 11) is -4.44. The van der Waals surface area contributed by atoms with E-state index in [9.17, 15) is 18.1 Å². The summed E-state index contributed by atoms with van der Waals surface area (Å²) in [5.41, 5.74) is 4.84. The summed E-state index contributed by atoms with van der Waals surface area (Å²) >= 11 is 0. The van der Waals surface area contributed by atoms with Crippen molar-refractivity contribution in [2.45, 2.75) is 11.8 Å². The first-order valence-electron chi connectivity index (χ1n) is 6.02. The minimum absolute atomic E-state index is 0. The van der Waals surface area contributed by atoms with Gasteiger partial charge in [-0.25, -0.2) is 8.42 Å². The molecule has 0 radical (unpaired) electrons. The zero-order valence-corrected chi connectivity index (χ0v) is 15.0. The van der Waals surface area contributed by atoms with Crippen molar-refractivity contribution in [1.29, 1.82) is 0 Å². The van der Waals surface area contributed by atoms with Crippen LogP contribution in [0.15, 0.2) is 58.5 Å². The van der Waals surface area contributed by atoms with Gasteiger partial charge in [0.2, 0.25) is 0 Å². The maximum absolute atomic E-state index is 10.8. The van der Waals surface area contributed by atoms with Crippen molar-refractivity contribution < 1.29 is 47.6 Å². The molecule has 0 aliphatic heterocycles. The van der Waals surface area contributed by atoms with Crippen LogP contribution in [0.5, 0.6) is 5.75 Å². The molecule has 2 aromatic rings. The molecule has 8 heteroatoms. The molecule has 0 aromatic heterocycles. The fourth-order valence-corrected chi connectivity index (χ4v) is 2.08. The van der Waals surface area contributed by atoms with Gasteiger partial charge in [-0.05, 0) is 61.0 Å². The van der Waals surface area contributed by atoms with Crippen molar-refractivity contribution >= 4 is 21.5 Å². The molecule has 22 heavy (non-hydrogen) atoms. The van der Waals surface area contributed by atoms with E-state index in [-0.39, 0.29) is 40.2 Å². The van der Waals surface area contributed by atoms with Crippen molar-refractivity contribution in [3.05, 3.63) is 54.1 Å². The Kier molecular flexibility index (Phi) is 6.58. The molecule has 2 rings (SSSR count). The molecule has 0 heterocycles. The fourth-order valence-electron chi connectivity index (χ4n) is 1.61. The number of rotatable bonds is 4. The Morgan fingerprint density at radius 1 is 1.09 bits per heavy atom. The second-order valence-electron chi connectivity index (χ2n) is 4.33. The van der Waals surface area contributed by atoms with Gasteiger partial charge in [-0.1, -0.05) is 0 Å². The zero-order chi connectivity index (χ0) is 15.5. The van der Waals surface area contributed by atoms with Crippen LogP contribution >= 0.6 is 0 Å². The molecule has 0 unspecified atom stereocenters. The number of nitrogens with zero attached hydrogens (tertiary/aromatic N) is 1. The van der Waals surface area contributed by atoms with Crippen LogP contribution in [0.3, 0.4) is 0 Å². The minimum Gasteiger partial charge on any atom is -0.744 e. The van der Waals surface area contributed by atoms with Gasteiger partial charge in [-0.15, -0.1) is 0 Å². The molecule has 2 aromatic carbocycles. The summed E-state index contributed by atoms with van der Waals surface area (Å²) in [6.45, 7) is 1.79. The van der Waals surface area contributed by atoms with E-state index < -0.39 is 10.1 Å². The first-order valence-corrected chi connectivity index (χ1v) is 7.43. The van der Waals surface area contributed by atoms with Gasteiger partial charge >= 0.3 is 29.6 Å². The van der Waals surface area contributed by atoms with Crippen molar-refractivity contribution in [3.8, 4) is 5.75 Å². The topological polar surface area (TPSA) is 102 Å². The van der Waals surface area contributed by atoms with Crippen molar-refractivity contribution in [2.75, 3.05) is 5.43 Å². The van der Waals surface area contributed by atoms with Gasteiger partial charge in [0.05, 0.1) is 16.3 Å². The predicted octanol–water partition coefficient (Wildman–Crippen LogP) is -0.864. The van der Waals surface area contributed by atoms with Gasteiger partial charge in [-0.3, -0.25) is 5.43 Å². The molecule has 0 amide bonds. The Morgan fingerprint density at radius 2 is 1.64 bits per heavy atom. The van der Waals surface area contributed by atoms with Gasteiger partial charge in [0.15, 0.2) is 0 Å². The molecule has 0 aliphatic rings. The zero-order valence-electron chi connectivity index (χ0n) is 12.1. The largest absolute Gasteiger partial charge is 1.00 e. The number of benzene rings is 2. The van der Waals surface area contributed by atoms with Crippen LogP contribution in [-0.4, -0.2) is 23.8 Å². The molecule has 0 spiro atoms. The SMILES string of the molecule is C/C(=N\Nc1ccc(S(=O)(=O)[O-])cc1)c1ccc(O)cc1.[Na+]. The summed E-state index contributed by atoms with van der Waals surface area (Å²) in [6, 6.07) is 11.9. The Hall–Kier alpha value is -1.38. The molecule has 110 valence electrons. The summed E-state index contributed by atoms with van der Waals surface area (Å²) in [5.74, 6) is 0.175. The molecular formula is C14H13N2NaO4S. The molecule has 6 nitrogen and oxygen atoms in total. The summed E-state index contributed by atoms with van der Waals surface area (Å²) in [4.78, 5) is -0.285. The molecule has 0 saturated heterocycles. The number of hydrazone groups is 1. The third-order valence-corrected chi connectivity index (χ3v) is 3.63. The molecule has 0 atom stereocenters. The van der Waals surface area contributed by atoms with Gasteiger partial charge in [0, 0.05) is 0 Å². The van der Waals surface area contributed by atoms with Crippen molar-refractivity contribution in [1.82, 2.24) is 0 Å². The van der Waals surface area contributed by atoms with Crippen LogP contribution in [0.2, 0.25) is 0 Å². The van der Waals surface area contributed by atoms with E-state index >= 15 is 0 Å². The molecule has 2 N–H and O–H groups in total. The van der Waals surface area contributed by atoms with Gasteiger partial charge in [-0.2, -0.15) is 5.10 Å². The second kappa shape index (κ2) is 7.75. The minimum atomic E-state index is -4.44. The molecular weight excluding hydrogens is 315 g/mol.